The van der Waals surface area contributed by atoms with Crippen molar-refractivity contribution in [3.63, 3.8) is 0 Å². The third kappa shape index (κ3) is 5.09. The van der Waals surface area contributed by atoms with Gasteiger partial charge in [-0.25, -0.2) is 18.1 Å². The van der Waals surface area contributed by atoms with Crippen molar-refractivity contribution in [3.05, 3.63) is 57.9 Å². The first-order valence-electron chi connectivity index (χ1n) is 13.9. The Bertz CT molecular complexity index is 1810. The topological polar surface area (TPSA) is 150 Å². The van der Waals surface area contributed by atoms with E-state index >= 15 is 0 Å². The van der Waals surface area contributed by atoms with Crippen LogP contribution in [0.1, 0.15) is 24.0 Å². The zero-order valence-corrected chi connectivity index (χ0v) is 24.0. The van der Waals surface area contributed by atoms with Crippen LogP contribution in [0.15, 0.2) is 51.1 Å². The second kappa shape index (κ2) is 10.5. The number of nitrogens with two attached hydrogens (primary N) is 1. The summed E-state index contributed by atoms with van der Waals surface area (Å²) in [7, 11) is -4.03. The molecule has 0 saturated carbocycles. The van der Waals surface area contributed by atoms with Gasteiger partial charge in [-0.15, -0.1) is 5.10 Å². The van der Waals surface area contributed by atoms with Gasteiger partial charge in [0.2, 0.25) is 20.8 Å². The summed E-state index contributed by atoms with van der Waals surface area (Å²) >= 11 is 0. The van der Waals surface area contributed by atoms with E-state index in [0.29, 0.717) is 36.0 Å². The van der Waals surface area contributed by atoms with Gasteiger partial charge in [0.1, 0.15) is 0 Å². The predicted octanol–water partition coefficient (Wildman–Crippen LogP) is 1.09. The second-order valence-corrected chi connectivity index (χ2v) is 12.9. The predicted molar refractivity (Wildman–Crippen MR) is 155 cm³/mol. The fourth-order valence-electron chi connectivity index (χ4n) is 5.83. The summed E-state index contributed by atoms with van der Waals surface area (Å²) in [6.45, 7) is 8.86. The highest BCUT2D eigenvalue weighted by molar-refractivity contribution is 7.91. The molecule has 2 aliphatic heterocycles. The first-order valence-corrected chi connectivity index (χ1v) is 15.3. The van der Waals surface area contributed by atoms with E-state index in [-0.39, 0.29) is 27.5 Å². The molecule has 1 amide bonds. The molecule has 0 bridgehead atoms. The smallest absolute Gasteiger partial charge is 0.281 e. The number of likely N-dealkylation sites (tertiary alicyclic amines) is 1. The molecule has 2 aromatic heterocycles. The van der Waals surface area contributed by atoms with Crippen molar-refractivity contribution in [2.75, 3.05) is 50.7 Å². The fraction of sp³-hybridized carbons (Fsp3) is 0.429. The van der Waals surface area contributed by atoms with Gasteiger partial charge < -0.3 is 15.5 Å². The number of anilines is 1. The number of benzene rings is 2. The van der Waals surface area contributed by atoms with Gasteiger partial charge in [0.05, 0.1) is 15.8 Å². The van der Waals surface area contributed by atoms with E-state index < -0.39 is 15.4 Å². The van der Waals surface area contributed by atoms with Crippen LogP contribution in [0.25, 0.3) is 16.6 Å². The van der Waals surface area contributed by atoms with Gasteiger partial charge in [0.25, 0.3) is 5.56 Å². The minimum Gasteiger partial charge on any atom is -0.369 e. The van der Waals surface area contributed by atoms with E-state index in [1.165, 1.54) is 4.52 Å². The lowest BCUT2D eigenvalue weighted by molar-refractivity contribution is -0.130. The van der Waals surface area contributed by atoms with Gasteiger partial charge in [-0.1, -0.05) is 17.7 Å². The van der Waals surface area contributed by atoms with Gasteiger partial charge >= 0.3 is 0 Å². The van der Waals surface area contributed by atoms with Crippen molar-refractivity contribution in [2.45, 2.75) is 42.7 Å². The lowest BCUT2D eigenvalue weighted by Gasteiger charge is -2.36. The molecule has 2 fully saturated rings. The molecule has 1 unspecified atom stereocenters. The third-order valence-electron chi connectivity index (χ3n) is 8.15. The summed E-state index contributed by atoms with van der Waals surface area (Å²) in [4.78, 5) is 36.1. The minimum atomic E-state index is -4.03. The molecule has 4 aromatic rings. The molecule has 13 heteroatoms. The highest BCUT2D eigenvalue weighted by atomic mass is 32.2. The van der Waals surface area contributed by atoms with Crippen molar-refractivity contribution >= 4 is 38.0 Å². The van der Waals surface area contributed by atoms with Gasteiger partial charge in [0, 0.05) is 64.0 Å². The number of amides is 1. The average Bonchev–Trinajstić information content (AvgIpc) is 3.58. The maximum Gasteiger partial charge on any atom is 0.281 e. The van der Waals surface area contributed by atoms with Crippen molar-refractivity contribution < 1.29 is 13.2 Å². The molecule has 0 spiro atoms. The molecule has 216 valence electrons. The molecule has 2 aliphatic rings. The number of aromatic nitrogens is 4. The standard InChI is InChI=1S/C28H34N8O4S/c1-18-3-6-24(19(2)15-18)41(39,40)28-26-30-27(38)22-5-4-21(16-23(22)36(26)32-31-28)34-13-11-33(12-14-34)9-8-25(37)35-10-7-20(29)17-35/h3-6,15-16,20,32H,7-14,17,29H2,1-2H3. The SMILES string of the molecule is Cc1ccc(S(=O)(=O)c2n[nH]n3c2nc(=O)c2ccc(N4CCN(CCC(=O)N5CCC(N)C5)CC4)cc23)c(C)c1. The molecule has 0 aliphatic carbocycles. The van der Waals surface area contributed by atoms with E-state index in [4.69, 9.17) is 5.73 Å². The lowest BCUT2D eigenvalue weighted by atomic mass is 10.2. The monoisotopic (exact) mass is 578 g/mol. The Morgan fingerprint density at radius 3 is 2.56 bits per heavy atom. The average molecular weight is 579 g/mol. The number of nitrogens with zero attached hydrogens (tertiary/aromatic N) is 6. The molecule has 12 nitrogen and oxygen atoms in total. The molecule has 2 aromatic carbocycles. The molecule has 41 heavy (non-hydrogen) atoms. The van der Waals surface area contributed by atoms with E-state index in [2.05, 4.69) is 25.1 Å². The van der Waals surface area contributed by atoms with Gasteiger partial charge in [-0.3, -0.25) is 14.5 Å². The van der Waals surface area contributed by atoms with Gasteiger partial charge in [-0.2, -0.15) is 4.98 Å². The van der Waals surface area contributed by atoms with Crippen LogP contribution in [0.5, 0.6) is 0 Å². The Hall–Kier alpha value is -3.81. The van der Waals surface area contributed by atoms with Crippen LogP contribution in [0, 0.1) is 13.8 Å². The first kappa shape index (κ1) is 27.4. The Kier molecular flexibility index (Phi) is 7.04. The van der Waals surface area contributed by atoms with E-state index in [1.54, 1.807) is 31.2 Å². The number of fused-ring (bicyclic) bond motifs is 3. The fourth-order valence-corrected chi connectivity index (χ4v) is 7.31. The number of hydrogen-bond acceptors (Lipinski definition) is 9. The van der Waals surface area contributed by atoms with E-state index in [1.807, 2.05) is 24.0 Å². The Balaban J connectivity index is 1.22. The summed E-state index contributed by atoms with van der Waals surface area (Å²) in [6, 6.07) is 10.6. The zero-order valence-electron chi connectivity index (χ0n) is 23.2. The number of sulfone groups is 1. The van der Waals surface area contributed by atoms with Crippen LogP contribution >= 0.6 is 0 Å². The molecular weight excluding hydrogens is 544 g/mol. The van der Waals surface area contributed by atoms with Crippen LogP contribution in [-0.2, 0) is 14.6 Å². The molecule has 2 saturated heterocycles. The van der Waals surface area contributed by atoms with E-state index in [0.717, 1.165) is 50.4 Å². The summed E-state index contributed by atoms with van der Waals surface area (Å²) in [5.41, 5.74) is 8.34. The van der Waals surface area contributed by atoms with Gasteiger partial charge in [0.15, 0.2) is 5.65 Å². The summed E-state index contributed by atoms with van der Waals surface area (Å²) < 4.78 is 28.5. The first-order chi connectivity index (χ1) is 19.6. The maximum atomic E-state index is 13.5. The molecule has 6 rings (SSSR count). The maximum absolute atomic E-state index is 13.5. The number of H-pyrrole nitrogens is 1. The molecule has 0 radical (unpaired) electrons. The molecule has 4 heterocycles. The van der Waals surface area contributed by atoms with Crippen molar-refractivity contribution in [1.82, 2.24) is 29.6 Å². The number of aromatic amines is 1. The Labute approximate surface area is 237 Å². The van der Waals surface area contributed by atoms with Crippen LogP contribution < -0.4 is 16.2 Å². The Morgan fingerprint density at radius 1 is 1.07 bits per heavy atom. The summed E-state index contributed by atoms with van der Waals surface area (Å²) in [5.74, 6) is 0.163. The lowest BCUT2D eigenvalue weighted by Crippen LogP contribution is -2.47. The highest BCUT2D eigenvalue weighted by Crippen LogP contribution is 2.27. The van der Waals surface area contributed by atoms with Crippen LogP contribution in [0.2, 0.25) is 0 Å². The van der Waals surface area contributed by atoms with Crippen molar-refractivity contribution in [3.8, 4) is 0 Å². The second-order valence-electron chi connectivity index (χ2n) is 11.0. The number of carbonyl (C=O) groups excluding carboxylic acids is 1. The number of nitrogens with one attached hydrogen (secondary N) is 1. The number of rotatable bonds is 6. The molecule has 3 N–H and O–H groups in total. The number of carbonyl (C=O) groups is 1. The largest absolute Gasteiger partial charge is 0.369 e. The van der Waals surface area contributed by atoms with Crippen molar-refractivity contribution in [1.29, 1.82) is 0 Å². The van der Waals surface area contributed by atoms with E-state index in [9.17, 15) is 18.0 Å². The molecular formula is C28H34N8O4S. The summed E-state index contributed by atoms with van der Waals surface area (Å²) in [5, 5.41) is 6.96. The number of hydrogen-bond donors (Lipinski definition) is 2. The quantitative estimate of drug-likeness (QED) is 0.343. The molecule has 1 atom stereocenters. The van der Waals surface area contributed by atoms with Gasteiger partial charge in [-0.05, 0) is 50.1 Å². The van der Waals surface area contributed by atoms with Crippen LogP contribution in [0.4, 0.5) is 5.69 Å². The number of aryl methyl sites for hydroxylation is 2. The normalized spacial score (nSPS) is 18.6. The van der Waals surface area contributed by atoms with Crippen LogP contribution in [-0.4, -0.2) is 95.8 Å². The zero-order chi connectivity index (χ0) is 28.9. The van der Waals surface area contributed by atoms with Crippen molar-refractivity contribution in [2.24, 2.45) is 5.73 Å². The minimum absolute atomic E-state index is 0.0342. The number of piperazine rings is 1. The highest BCUT2D eigenvalue weighted by Gasteiger charge is 2.28. The summed E-state index contributed by atoms with van der Waals surface area (Å²) in [6.07, 6.45) is 1.36. The Morgan fingerprint density at radius 2 is 1.85 bits per heavy atom. The third-order valence-corrected chi connectivity index (χ3v) is 9.97. The van der Waals surface area contributed by atoms with Crippen LogP contribution in [0.3, 0.4) is 0 Å².